The first kappa shape index (κ1) is 25.3. The Morgan fingerprint density at radius 1 is 0.886 bits per heavy atom. The van der Waals surface area contributed by atoms with Crippen molar-refractivity contribution in [3.05, 3.63) is 95.1 Å². The van der Waals surface area contributed by atoms with E-state index >= 15 is 0 Å². The van der Waals surface area contributed by atoms with Crippen molar-refractivity contribution in [2.24, 2.45) is 0 Å². The molecular formula is C27H29F3N2O2S. The molecule has 0 bridgehead atoms. The molecule has 0 spiro atoms. The van der Waals surface area contributed by atoms with Gasteiger partial charge < -0.3 is 0 Å². The second-order valence-electron chi connectivity index (χ2n) is 9.10. The summed E-state index contributed by atoms with van der Waals surface area (Å²) in [5.41, 5.74) is 2.53. The maximum absolute atomic E-state index is 13.8. The number of hydrogen-bond acceptors (Lipinski definition) is 3. The van der Waals surface area contributed by atoms with E-state index in [0.29, 0.717) is 48.6 Å². The molecule has 35 heavy (non-hydrogen) atoms. The molecule has 0 radical (unpaired) electrons. The van der Waals surface area contributed by atoms with Gasteiger partial charge in [-0.1, -0.05) is 48.0 Å². The number of halogens is 3. The molecule has 4 rings (SSSR count). The number of sulfonamides is 1. The lowest BCUT2D eigenvalue weighted by Gasteiger charge is -2.39. The van der Waals surface area contributed by atoms with Gasteiger partial charge in [0.2, 0.25) is 0 Å². The molecule has 1 aliphatic rings. The minimum absolute atomic E-state index is 0.217. The highest BCUT2D eigenvalue weighted by atomic mass is 32.2. The van der Waals surface area contributed by atoms with E-state index in [0.717, 1.165) is 23.3 Å². The predicted octanol–water partition coefficient (Wildman–Crippen LogP) is 6.18. The first-order chi connectivity index (χ1) is 16.6. The number of nitrogens with zero attached hydrogens (tertiary/aromatic N) is 2. The zero-order valence-electron chi connectivity index (χ0n) is 19.8. The molecule has 0 saturated carbocycles. The number of anilines is 1. The summed E-state index contributed by atoms with van der Waals surface area (Å²) in [6.45, 7) is 5.59. The van der Waals surface area contributed by atoms with E-state index in [4.69, 9.17) is 0 Å². The Morgan fingerprint density at radius 2 is 1.49 bits per heavy atom. The number of benzene rings is 3. The molecule has 1 fully saturated rings. The third-order valence-electron chi connectivity index (χ3n) is 6.50. The molecule has 1 heterocycles. The molecule has 8 heteroatoms. The van der Waals surface area contributed by atoms with E-state index < -0.39 is 21.8 Å². The molecule has 1 aliphatic heterocycles. The molecule has 0 amide bonds. The summed E-state index contributed by atoms with van der Waals surface area (Å²) in [6.07, 6.45) is -3.10. The van der Waals surface area contributed by atoms with Crippen LogP contribution >= 0.6 is 0 Å². The van der Waals surface area contributed by atoms with Crippen LogP contribution in [0.5, 0.6) is 0 Å². The maximum atomic E-state index is 13.8. The molecule has 0 atom stereocenters. The number of rotatable bonds is 6. The molecule has 1 saturated heterocycles. The summed E-state index contributed by atoms with van der Waals surface area (Å²) in [5, 5.41) is 0. The SMILES string of the molecule is Cc1ccc(N(C2CCN(Cc3ccc(C(F)(F)F)cc3)CC2)S(=O)(=O)c2ccccc2C)cc1. The lowest BCUT2D eigenvalue weighted by atomic mass is 10.0. The minimum Gasteiger partial charge on any atom is -0.299 e. The monoisotopic (exact) mass is 502 g/mol. The van der Waals surface area contributed by atoms with Crippen molar-refractivity contribution in [2.45, 2.75) is 50.3 Å². The molecule has 0 aromatic heterocycles. The summed E-state index contributed by atoms with van der Waals surface area (Å²) < 4.78 is 67.8. The van der Waals surface area contributed by atoms with Gasteiger partial charge in [-0.2, -0.15) is 13.2 Å². The Hall–Kier alpha value is -2.84. The Kier molecular flexibility index (Phi) is 7.24. The summed E-state index contributed by atoms with van der Waals surface area (Å²) in [7, 11) is -3.78. The van der Waals surface area contributed by atoms with Gasteiger partial charge in [0.1, 0.15) is 0 Å². The van der Waals surface area contributed by atoms with Crippen molar-refractivity contribution >= 4 is 15.7 Å². The fourth-order valence-corrected chi connectivity index (χ4v) is 6.50. The zero-order valence-corrected chi connectivity index (χ0v) is 20.6. The second kappa shape index (κ2) is 10.0. The average Bonchev–Trinajstić information content (AvgIpc) is 2.81. The molecule has 4 nitrogen and oxygen atoms in total. The van der Waals surface area contributed by atoms with E-state index in [2.05, 4.69) is 4.90 Å². The van der Waals surface area contributed by atoms with Crippen molar-refractivity contribution in [3.8, 4) is 0 Å². The van der Waals surface area contributed by atoms with Gasteiger partial charge in [0, 0.05) is 25.7 Å². The van der Waals surface area contributed by atoms with Gasteiger partial charge in [-0.3, -0.25) is 9.21 Å². The number of alkyl halides is 3. The summed E-state index contributed by atoms with van der Waals surface area (Å²) >= 11 is 0. The maximum Gasteiger partial charge on any atom is 0.416 e. The summed E-state index contributed by atoms with van der Waals surface area (Å²) in [5.74, 6) is 0. The van der Waals surface area contributed by atoms with Crippen LogP contribution in [-0.2, 0) is 22.7 Å². The Bertz CT molecular complexity index is 1250. The van der Waals surface area contributed by atoms with Crippen molar-refractivity contribution in [1.82, 2.24) is 4.90 Å². The lowest BCUT2D eigenvalue weighted by molar-refractivity contribution is -0.137. The molecule has 186 valence electrons. The van der Waals surface area contributed by atoms with Crippen LogP contribution in [0, 0.1) is 13.8 Å². The van der Waals surface area contributed by atoms with Gasteiger partial charge >= 0.3 is 6.18 Å². The smallest absolute Gasteiger partial charge is 0.299 e. The van der Waals surface area contributed by atoms with Crippen LogP contribution in [-0.4, -0.2) is 32.4 Å². The van der Waals surface area contributed by atoms with Crippen molar-refractivity contribution < 1.29 is 21.6 Å². The summed E-state index contributed by atoms with van der Waals surface area (Å²) in [6, 6.07) is 19.5. The van der Waals surface area contributed by atoms with Crippen LogP contribution in [0.3, 0.4) is 0 Å². The number of aryl methyl sites for hydroxylation is 2. The van der Waals surface area contributed by atoms with Crippen LogP contribution in [0.25, 0.3) is 0 Å². The fourth-order valence-electron chi connectivity index (χ4n) is 4.56. The first-order valence-corrected chi connectivity index (χ1v) is 13.0. The molecule has 0 N–H and O–H groups in total. The predicted molar refractivity (Wildman–Crippen MR) is 132 cm³/mol. The van der Waals surface area contributed by atoms with E-state index in [-0.39, 0.29) is 6.04 Å². The van der Waals surface area contributed by atoms with Gasteiger partial charge in [0.05, 0.1) is 16.1 Å². The number of hydrogen-bond donors (Lipinski definition) is 0. The Balaban J connectivity index is 1.53. The molecular weight excluding hydrogens is 473 g/mol. The molecule has 3 aromatic rings. The average molecular weight is 503 g/mol. The fraction of sp³-hybridized carbons (Fsp3) is 0.333. The van der Waals surface area contributed by atoms with Crippen LogP contribution in [0.4, 0.5) is 18.9 Å². The third kappa shape index (κ3) is 5.70. The van der Waals surface area contributed by atoms with Gasteiger partial charge in [0.25, 0.3) is 10.0 Å². The standard InChI is InChI=1S/C27H29F3N2O2S/c1-20-7-13-24(14-8-20)32(35(33,34)26-6-4-3-5-21(26)2)25-15-17-31(18-16-25)19-22-9-11-23(12-10-22)27(28,29)30/h3-14,25H,15-19H2,1-2H3. The topological polar surface area (TPSA) is 40.6 Å². The highest BCUT2D eigenvalue weighted by Crippen LogP contribution is 2.33. The van der Waals surface area contributed by atoms with Gasteiger partial charge in [-0.25, -0.2) is 8.42 Å². The minimum atomic E-state index is -4.35. The highest BCUT2D eigenvalue weighted by molar-refractivity contribution is 7.93. The largest absolute Gasteiger partial charge is 0.416 e. The molecule has 0 unspecified atom stereocenters. The van der Waals surface area contributed by atoms with E-state index in [1.54, 1.807) is 29.4 Å². The normalized spacial score (nSPS) is 15.8. The van der Waals surface area contributed by atoms with E-state index in [9.17, 15) is 21.6 Å². The highest BCUT2D eigenvalue weighted by Gasteiger charge is 2.35. The zero-order chi connectivity index (χ0) is 25.2. The second-order valence-corrected chi connectivity index (χ2v) is 10.9. The van der Waals surface area contributed by atoms with Crippen molar-refractivity contribution in [1.29, 1.82) is 0 Å². The van der Waals surface area contributed by atoms with Crippen molar-refractivity contribution in [2.75, 3.05) is 17.4 Å². The Labute approximate surface area is 205 Å². The van der Waals surface area contributed by atoms with Crippen LogP contribution in [0.2, 0.25) is 0 Å². The first-order valence-electron chi connectivity index (χ1n) is 11.6. The van der Waals surface area contributed by atoms with Crippen molar-refractivity contribution in [3.63, 3.8) is 0 Å². The van der Waals surface area contributed by atoms with Gasteiger partial charge in [0.15, 0.2) is 0 Å². The number of likely N-dealkylation sites (tertiary alicyclic amines) is 1. The van der Waals surface area contributed by atoms with Crippen LogP contribution in [0.1, 0.15) is 35.1 Å². The van der Waals surface area contributed by atoms with Crippen LogP contribution < -0.4 is 4.31 Å². The summed E-state index contributed by atoms with van der Waals surface area (Å²) in [4.78, 5) is 2.46. The Morgan fingerprint density at radius 3 is 2.06 bits per heavy atom. The lowest BCUT2D eigenvalue weighted by Crippen LogP contribution is -2.47. The third-order valence-corrected chi connectivity index (χ3v) is 8.54. The molecule has 3 aromatic carbocycles. The quantitative estimate of drug-likeness (QED) is 0.404. The number of piperidine rings is 1. The van der Waals surface area contributed by atoms with Gasteiger partial charge in [-0.05, 0) is 68.1 Å². The van der Waals surface area contributed by atoms with E-state index in [1.165, 1.54) is 12.1 Å². The van der Waals surface area contributed by atoms with E-state index in [1.807, 2.05) is 37.3 Å². The molecule has 0 aliphatic carbocycles. The van der Waals surface area contributed by atoms with Crippen LogP contribution in [0.15, 0.2) is 77.7 Å². The van der Waals surface area contributed by atoms with Gasteiger partial charge in [-0.15, -0.1) is 0 Å².